The Morgan fingerprint density at radius 1 is 1.16 bits per heavy atom. The highest BCUT2D eigenvalue weighted by Crippen LogP contribution is 2.19. The molecule has 0 bridgehead atoms. The van der Waals surface area contributed by atoms with Crippen LogP contribution in [0, 0.1) is 0 Å². The summed E-state index contributed by atoms with van der Waals surface area (Å²) in [6.07, 6.45) is 6.14. The fraction of sp³-hybridized carbons (Fsp3) is 0.529. The van der Waals surface area contributed by atoms with Crippen molar-refractivity contribution in [3.8, 4) is 0 Å². The molecule has 1 amide bonds. The smallest absolute Gasteiger partial charge is 0.261 e. The number of rotatable bonds is 4. The standard InChI is InChI=1S/C17H22N6O2/c24-16-14(10-13-2-1-3-15(13)20-16)17(25)22-7-4-21(5-8-22)6-9-23-12-18-11-19-23/h10-12H,1-9H2,(H,20,24). The van der Waals surface area contributed by atoms with Crippen molar-refractivity contribution in [1.82, 2.24) is 29.5 Å². The molecule has 2 aliphatic rings. The molecule has 1 aliphatic carbocycles. The largest absolute Gasteiger partial charge is 0.336 e. The minimum Gasteiger partial charge on any atom is -0.336 e. The SMILES string of the molecule is O=C(c1cc2c([nH]c1=O)CCC2)N1CCN(CCn2cncn2)CC1. The highest BCUT2D eigenvalue weighted by molar-refractivity contribution is 5.94. The summed E-state index contributed by atoms with van der Waals surface area (Å²) in [6, 6.07) is 1.81. The summed E-state index contributed by atoms with van der Waals surface area (Å²) in [7, 11) is 0. The number of amides is 1. The first kappa shape index (κ1) is 16.0. The van der Waals surface area contributed by atoms with Gasteiger partial charge in [-0.1, -0.05) is 0 Å². The Hall–Kier alpha value is -2.48. The Kier molecular flexibility index (Phi) is 4.35. The van der Waals surface area contributed by atoms with Crippen molar-refractivity contribution in [3.05, 3.63) is 45.9 Å². The van der Waals surface area contributed by atoms with E-state index in [2.05, 4.69) is 20.0 Å². The molecule has 4 rings (SSSR count). The second-order valence-corrected chi connectivity index (χ2v) is 6.66. The predicted octanol–water partition coefficient (Wildman–Crippen LogP) is -0.0869. The Morgan fingerprint density at radius 3 is 2.76 bits per heavy atom. The molecule has 0 aromatic carbocycles. The average molecular weight is 342 g/mol. The van der Waals surface area contributed by atoms with Crippen molar-refractivity contribution in [2.75, 3.05) is 32.7 Å². The van der Waals surface area contributed by atoms with Crippen molar-refractivity contribution < 1.29 is 4.79 Å². The lowest BCUT2D eigenvalue weighted by molar-refractivity contribution is 0.0630. The molecule has 2 aromatic rings. The average Bonchev–Trinajstić information content (AvgIpc) is 3.30. The molecule has 132 valence electrons. The second-order valence-electron chi connectivity index (χ2n) is 6.66. The lowest BCUT2D eigenvalue weighted by Crippen LogP contribution is -2.50. The maximum absolute atomic E-state index is 12.7. The van der Waals surface area contributed by atoms with Gasteiger partial charge in [-0.25, -0.2) is 4.98 Å². The highest BCUT2D eigenvalue weighted by Gasteiger charge is 2.25. The van der Waals surface area contributed by atoms with E-state index in [9.17, 15) is 9.59 Å². The van der Waals surface area contributed by atoms with Crippen molar-refractivity contribution in [2.45, 2.75) is 25.8 Å². The Morgan fingerprint density at radius 2 is 2.00 bits per heavy atom. The molecule has 0 saturated carbocycles. The molecular formula is C17H22N6O2. The molecule has 8 heteroatoms. The van der Waals surface area contributed by atoms with Gasteiger partial charge in [0, 0.05) is 38.4 Å². The van der Waals surface area contributed by atoms with E-state index >= 15 is 0 Å². The molecule has 0 unspecified atom stereocenters. The number of nitrogens with one attached hydrogen (secondary N) is 1. The van der Waals surface area contributed by atoms with Gasteiger partial charge in [-0.15, -0.1) is 0 Å². The lowest BCUT2D eigenvalue weighted by atomic mass is 10.1. The van der Waals surface area contributed by atoms with Crippen molar-refractivity contribution in [3.63, 3.8) is 0 Å². The van der Waals surface area contributed by atoms with E-state index < -0.39 is 0 Å². The van der Waals surface area contributed by atoms with Crippen molar-refractivity contribution >= 4 is 5.91 Å². The van der Waals surface area contributed by atoms with Crippen LogP contribution in [0.1, 0.15) is 28.0 Å². The Labute approximate surface area is 145 Å². The van der Waals surface area contributed by atoms with Crippen LogP contribution in [0.3, 0.4) is 0 Å². The van der Waals surface area contributed by atoms with Gasteiger partial charge < -0.3 is 9.88 Å². The van der Waals surface area contributed by atoms with Crippen LogP contribution in [0.25, 0.3) is 0 Å². The third-order valence-corrected chi connectivity index (χ3v) is 5.09. The number of aromatic amines is 1. The quantitative estimate of drug-likeness (QED) is 0.839. The predicted molar refractivity (Wildman–Crippen MR) is 91.5 cm³/mol. The number of aromatic nitrogens is 4. The maximum atomic E-state index is 12.7. The zero-order chi connectivity index (χ0) is 17.2. The van der Waals surface area contributed by atoms with Gasteiger partial charge in [0.25, 0.3) is 11.5 Å². The zero-order valence-electron chi connectivity index (χ0n) is 14.1. The van der Waals surface area contributed by atoms with E-state index in [0.717, 1.165) is 56.7 Å². The van der Waals surface area contributed by atoms with Gasteiger partial charge in [0.15, 0.2) is 0 Å². The minimum atomic E-state index is -0.251. The highest BCUT2D eigenvalue weighted by atomic mass is 16.2. The fourth-order valence-electron chi connectivity index (χ4n) is 3.61. The molecule has 0 radical (unpaired) electrons. The maximum Gasteiger partial charge on any atom is 0.261 e. The summed E-state index contributed by atoms with van der Waals surface area (Å²) in [5, 5.41) is 4.10. The minimum absolute atomic E-state index is 0.146. The van der Waals surface area contributed by atoms with Crippen molar-refractivity contribution in [2.24, 2.45) is 0 Å². The number of H-pyrrole nitrogens is 1. The summed E-state index contributed by atoms with van der Waals surface area (Å²) in [4.78, 5) is 35.9. The van der Waals surface area contributed by atoms with Crippen LogP contribution in [0.4, 0.5) is 0 Å². The zero-order valence-corrected chi connectivity index (χ0v) is 14.1. The van der Waals surface area contributed by atoms with Crippen LogP contribution in [0.15, 0.2) is 23.5 Å². The van der Waals surface area contributed by atoms with Crippen LogP contribution in [0.5, 0.6) is 0 Å². The van der Waals surface area contributed by atoms with Gasteiger partial charge in [0.2, 0.25) is 0 Å². The van der Waals surface area contributed by atoms with E-state index in [1.807, 2.05) is 4.68 Å². The molecule has 8 nitrogen and oxygen atoms in total. The summed E-state index contributed by atoms with van der Waals surface area (Å²) in [5.74, 6) is -0.146. The van der Waals surface area contributed by atoms with Gasteiger partial charge in [-0.05, 0) is 30.9 Å². The van der Waals surface area contributed by atoms with E-state index in [1.165, 1.54) is 6.33 Å². The van der Waals surface area contributed by atoms with E-state index in [4.69, 9.17) is 0 Å². The van der Waals surface area contributed by atoms with Crippen LogP contribution in [-0.2, 0) is 19.4 Å². The Bertz CT molecular complexity index is 805. The molecular weight excluding hydrogens is 320 g/mol. The van der Waals surface area contributed by atoms with Gasteiger partial charge in [-0.2, -0.15) is 5.10 Å². The number of aryl methyl sites for hydroxylation is 2. The third-order valence-electron chi connectivity index (χ3n) is 5.09. The molecule has 1 saturated heterocycles. The summed E-state index contributed by atoms with van der Waals surface area (Å²) in [5.41, 5.74) is 2.16. The number of piperazine rings is 1. The van der Waals surface area contributed by atoms with Crippen molar-refractivity contribution in [1.29, 1.82) is 0 Å². The number of nitrogens with zero attached hydrogens (tertiary/aromatic N) is 5. The fourth-order valence-corrected chi connectivity index (χ4v) is 3.61. The molecule has 0 spiro atoms. The topological polar surface area (TPSA) is 87.1 Å². The molecule has 2 aromatic heterocycles. The number of hydrogen-bond donors (Lipinski definition) is 1. The van der Waals surface area contributed by atoms with Crippen LogP contribution < -0.4 is 5.56 Å². The molecule has 25 heavy (non-hydrogen) atoms. The molecule has 1 N–H and O–H groups in total. The molecule has 1 fully saturated rings. The number of carbonyl (C=O) groups is 1. The van der Waals surface area contributed by atoms with E-state index in [0.29, 0.717) is 13.1 Å². The third kappa shape index (κ3) is 3.34. The van der Waals surface area contributed by atoms with Crippen LogP contribution >= 0.6 is 0 Å². The second kappa shape index (κ2) is 6.79. The normalized spacial score (nSPS) is 17.7. The lowest BCUT2D eigenvalue weighted by Gasteiger charge is -2.34. The molecule has 1 aliphatic heterocycles. The first-order valence-corrected chi connectivity index (χ1v) is 8.80. The number of hydrogen-bond acceptors (Lipinski definition) is 5. The van der Waals surface area contributed by atoms with E-state index in [1.54, 1.807) is 17.3 Å². The van der Waals surface area contributed by atoms with Gasteiger partial charge in [0.05, 0.1) is 6.54 Å². The number of fused-ring (bicyclic) bond motifs is 1. The number of pyridine rings is 1. The van der Waals surface area contributed by atoms with Crippen LogP contribution in [0.2, 0.25) is 0 Å². The first-order valence-electron chi connectivity index (χ1n) is 8.80. The van der Waals surface area contributed by atoms with Crippen LogP contribution in [-0.4, -0.2) is 68.2 Å². The first-order chi connectivity index (χ1) is 12.2. The Balaban J connectivity index is 1.36. The summed E-state index contributed by atoms with van der Waals surface area (Å²) >= 11 is 0. The number of carbonyl (C=O) groups excluding carboxylic acids is 1. The monoisotopic (exact) mass is 342 g/mol. The summed E-state index contributed by atoms with van der Waals surface area (Å²) in [6.45, 7) is 4.58. The van der Waals surface area contributed by atoms with E-state index in [-0.39, 0.29) is 17.0 Å². The summed E-state index contributed by atoms with van der Waals surface area (Å²) < 4.78 is 1.81. The van der Waals surface area contributed by atoms with Gasteiger partial charge in [-0.3, -0.25) is 19.2 Å². The van der Waals surface area contributed by atoms with Gasteiger partial charge in [0.1, 0.15) is 18.2 Å². The molecule has 3 heterocycles. The van der Waals surface area contributed by atoms with Gasteiger partial charge >= 0.3 is 0 Å². The molecule has 0 atom stereocenters.